The molecule has 104 valence electrons. The molecule has 5 rings (SSSR count). The molecule has 1 spiro atoms. The van der Waals surface area contributed by atoms with Gasteiger partial charge in [0, 0.05) is 24.3 Å². The van der Waals surface area contributed by atoms with Gasteiger partial charge in [-0.05, 0) is 12.1 Å². The van der Waals surface area contributed by atoms with Gasteiger partial charge in [0.15, 0.2) is 24.2 Å². The topological polar surface area (TPSA) is 7.76 Å². The minimum atomic E-state index is 0.302. The van der Waals surface area contributed by atoms with Crippen molar-refractivity contribution in [3.05, 3.63) is 59.2 Å². The van der Waals surface area contributed by atoms with Gasteiger partial charge in [-0.1, -0.05) is 27.7 Å². The Labute approximate surface area is 121 Å². The third-order valence-corrected chi connectivity index (χ3v) is 4.43. The predicted molar refractivity (Wildman–Crippen MR) is 79.6 cm³/mol. The van der Waals surface area contributed by atoms with Crippen LogP contribution >= 0.6 is 0 Å². The fraction of sp³-hybridized carbons (Fsp3) is 0.444. The summed E-state index contributed by atoms with van der Waals surface area (Å²) in [4.78, 5) is 0. The van der Waals surface area contributed by atoms with Crippen molar-refractivity contribution in [2.45, 2.75) is 52.6 Å². The molecule has 20 heavy (non-hydrogen) atoms. The fourth-order valence-electron chi connectivity index (χ4n) is 3.89. The Kier molecular flexibility index (Phi) is 3.12. The van der Waals surface area contributed by atoms with Crippen molar-refractivity contribution in [1.29, 1.82) is 0 Å². The number of nitrogens with zero attached hydrogens (tertiary/aromatic N) is 2. The van der Waals surface area contributed by atoms with E-state index in [1.54, 1.807) is 0 Å². The van der Waals surface area contributed by atoms with Crippen LogP contribution in [0.25, 0.3) is 0 Å². The molecular formula is C18H24N2+2. The summed E-state index contributed by atoms with van der Waals surface area (Å²) in [5.74, 6) is 0. The third-order valence-electron chi connectivity index (χ3n) is 4.43. The fourth-order valence-corrected chi connectivity index (χ4v) is 3.89. The summed E-state index contributed by atoms with van der Waals surface area (Å²) in [6.45, 7) is 8.00. The second-order valence-electron chi connectivity index (χ2n) is 5.20. The van der Waals surface area contributed by atoms with E-state index in [0.29, 0.717) is 5.66 Å². The van der Waals surface area contributed by atoms with Crippen LogP contribution in [0.4, 0.5) is 0 Å². The van der Waals surface area contributed by atoms with Crippen molar-refractivity contribution in [2.75, 3.05) is 0 Å². The molecule has 2 heteroatoms. The molecule has 0 radical (unpaired) electrons. The van der Waals surface area contributed by atoms with Gasteiger partial charge in [-0.25, -0.2) is 0 Å². The van der Waals surface area contributed by atoms with Gasteiger partial charge in [-0.2, -0.15) is 0 Å². The molecule has 0 atom stereocenters. The summed E-state index contributed by atoms with van der Waals surface area (Å²) in [6, 6.07) is 13.5. The molecule has 5 heterocycles. The first-order valence-corrected chi connectivity index (χ1v) is 7.95. The lowest BCUT2D eigenvalue weighted by molar-refractivity contribution is -1.07. The zero-order valence-corrected chi connectivity index (χ0v) is 13.0. The zero-order chi connectivity index (χ0) is 14.3. The van der Waals surface area contributed by atoms with Crippen LogP contribution in [0.5, 0.6) is 0 Å². The molecular weight excluding hydrogens is 244 g/mol. The number of pyridine rings is 2. The van der Waals surface area contributed by atoms with Gasteiger partial charge in [0.1, 0.15) is 6.42 Å². The minimum absolute atomic E-state index is 0.302. The van der Waals surface area contributed by atoms with Crippen LogP contribution in [-0.2, 0) is 24.9 Å². The molecule has 0 aromatic carbocycles. The third kappa shape index (κ3) is 1.39. The van der Waals surface area contributed by atoms with Gasteiger partial charge in [0.05, 0.1) is 0 Å². The van der Waals surface area contributed by atoms with E-state index in [0.717, 1.165) is 6.42 Å². The summed E-state index contributed by atoms with van der Waals surface area (Å²) in [5.41, 5.74) is 6.28. The second-order valence-corrected chi connectivity index (χ2v) is 5.20. The summed E-state index contributed by atoms with van der Waals surface area (Å²) in [7, 11) is 0. The highest BCUT2D eigenvalue weighted by Crippen LogP contribution is 2.36. The van der Waals surface area contributed by atoms with Gasteiger partial charge < -0.3 is 0 Å². The summed E-state index contributed by atoms with van der Waals surface area (Å²) in [5, 5.41) is 0. The monoisotopic (exact) mass is 268 g/mol. The molecule has 0 amide bonds. The molecule has 0 saturated carbocycles. The Hall–Kier alpha value is -1.70. The van der Waals surface area contributed by atoms with E-state index in [-0.39, 0.29) is 0 Å². The van der Waals surface area contributed by atoms with Crippen LogP contribution in [-0.4, -0.2) is 0 Å². The number of aromatic nitrogens is 2. The van der Waals surface area contributed by atoms with E-state index in [1.807, 2.05) is 27.7 Å². The maximum absolute atomic E-state index is 2.56. The molecule has 0 unspecified atom stereocenters. The number of rotatable bonds is 0. The quantitative estimate of drug-likeness (QED) is 0.649. The molecule has 3 aliphatic heterocycles. The van der Waals surface area contributed by atoms with Crippen molar-refractivity contribution in [3.63, 3.8) is 0 Å². The Morgan fingerprint density at radius 2 is 1.10 bits per heavy atom. The lowest BCUT2D eigenvalue weighted by Gasteiger charge is -2.41. The number of hydrogen-bond acceptors (Lipinski definition) is 0. The highest BCUT2D eigenvalue weighted by molar-refractivity contribution is 5.22. The van der Waals surface area contributed by atoms with Crippen LogP contribution in [0.2, 0.25) is 0 Å². The van der Waals surface area contributed by atoms with Crippen molar-refractivity contribution in [1.82, 2.24) is 0 Å². The van der Waals surface area contributed by atoms with E-state index in [1.165, 1.54) is 35.6 Å². The van der Waals surface area contributed by atoms with E-state index < -0.39 is 0 Å². The van der Waals surface area contributed by atoms with Gasteiger partial charge in [-0.15, -0.1) is 9.13 Å². The number of hydrogen-bond donors (Lipinski definition) is 0. The first-order chi connectivity index (χ1) is 9.88. The first kappa shape index (κ1) is 13.3. The van der Waals surface area contributed by atoms with Crippen LogP contribution < -0.4 is 9.13 Å². The Morgan fingerprint density at radius 3 is 1.55 bits per heavy atom. The maximum atomic E-state index is 2.56. The Morgan fingerprint density at radius 1 is 0.700 bits per heavy atom. The Balaban J connectivity index is 0.000000281. The molecule has 0 aliphatic carbocycles. The van der Waals surface area contributed by atoms with E-state index in [9.17, 15) is 0 Å². The van der Waals surface area contributed by atoms with Crippen molar-refractivity contribution >= 4 is 0 Å². The standard InChI is InChI=1S/C14H12N2.2C2H6/c1-3-10-7-11-4-2-6-13-9-14(16(11)13)8-12(5-1)15(10)14;2*1-2/h1-6H,7-9H2;2*1-2H3/q+2;;. The molecule has 0 saturated heterocycles. The van der Waals surface area contributed by atoms with Crippen molar-refractivity contribution in [3.8, 4) is 0 Å². The maximum Gasteiger partial charge on any atom is 0.381 e. The SMILES string of the molecule is CC.CC.c1cc2[n+]3c(c1)CC31Cc3cccc([n+]31)C2. The smallest absolute Gasteiger partial charge is 0.134 e. The van der Waals surface area contributed by atoms with Crippen LogP contribution in [0.15, 0.2) is 36.4 Å². The first-order valence-electron chi connectivity index (χ1n) is 7.95. The summed E-state index contributed by atoms with van der Waals surface area (Å²) >= 11 is 0. The van der Waals surface area contributed by atoms with Crippen molar-refractivity contribution < 1.29 is 9.13 Å². The molecule has 0 fully saturated rings. The zero-order valence-electron chi connectivity index (χ0n) is 13.0. The second kappa shape index (κ2) is 4.69. The lowest BCUT2D eigenvalue weighted by atomic mass is 9.78. The van der Waals surface area contributed by atoms with Crippen molar-refractivity contribution in [2.24, 2.45) is 0 Å². The van der Waals surface area contributed by atoms with E-state index in [4.69, 9.17) is 0 Å². The predicted octanol–water partition coefficient (Wildman–Crippen LogP) is 2.53. The highest BCUT2D eigenvalue weighted by Gasteiger charge is 2.72. The Bertz CT molecular complexity index is 601. The summed E-state index contributed by atoms with van der Waals surface area (Å²) < 4.78 is 5.12. The van der Waals surface area contributed by atoms with Gasteiger partial charge in [0.2, 0.25) is 11.4 Å². The van der Waals surface area contributed by atoms with Gasteiger partial charge in [0.25, 0.3) is 0 Å². The highest BCUT2D eigenvalue weighted by atomic mass is 15.4. The van der Waals surface area contributed by atoms with E-state index >= 15 is 0 Å². The molecule has 2 nitrogen and oxygen atoms in total. The normalized spacial score (nSPS) is 16.8. The average Bonchev–Trinajstić information content (AvgIpc) is 2.46. The van der Waals surface area contributed by atoms with Gasteiger partial charge in [-0.3, -0.25) is 0 Å². The van der Waals surface area contributed by atoms with Crippen LogP contribution in [0.3, 0.4) is 0 Å². The minimum Gasteiger partial charge on any atom is -0.134 e. The lowest BCUT2D eigenvalue weighted by Crippen LogP contribution is -2.92. The average molecular weight is 268 g/mol. The largest absolute Gasteiger partial charge is 0.381 e. The van der Waals surface area contributed by atoms with Crippen LogP contribution in [0.1, 0.15) is 50.5 Å². The summed E-state index contributed by atoms with van der Waals surface area (Å²) in [6.07, 6.45) is 3.52. The molecule has 3 aliphatic rings. The van der Waals surface area contributed by atoms with Crippen LogP contribution in [0, 0.1) is 0 Å². The van der Waals surface area contributed by atoms with E-state index in [2.05, 4.69) is 45.5 Å². The molecule has 0 bridgehead atoms. The van der Waals surface area contributed by atoms with Gasteiger partial charge >= 0.3 is 5.66 Å². The molecule has 0 N–H and O–H groups in total. The molecule has 2 aromatic heterocycles. The molecule has 2 aromatic rings.